The SMILES string of the molecule is CC(=O)N1CCN(c2ccc(OC(F)F)c(OCC3CC3)c2)CC1(C)C(=O)Oc1ccc2c(c1)C(=O)N=C2. The van der Waals surface area contributed by atoms with E-state index in [1.54, 1.807) is 31.2 Å². The third-order valence-electron chi connectivity index (χ3n) is 6.97. The van der Waals surface area contributed by atoms with Crippen LogP contribution in [0.2, 0.25) is 0 Å². The minimum Gasteiger partial charge on any atom is -0.489 e. The van der Waals surface area contributed by atoms with E-state index in [-0.39, 0.29) is 36.2 Å². The number of carbonyl (C=O) groups excluding carboxylic acids is 3. The second kappa shape index (κ2) is 10.0. The van der Waals surface area contributed by atoms with Gasteiger partial charge >= 0.3 is 12.6 Å². The van der Waals surface area contributed by atoms with Gasteiger partial charge in [-0.2, -0.15) is 8.78 Å². The fourth-order valence-electron chi connectivity index (χ4n) is 4.71. The second-order valence-corrected chi connectivity index (χ2v) is 9.83. The summed E-state index contributed by atoms with van der Waals surface area (Å²) in [6.45, 7) is 1.10. The minimum atomic E-state index is -3.00. The van der Waals surface area contributed by atoms with Crippen LogP contribution in [0.25, 0.3) is 0 Å². The van der Waals surface area contributed by atoms with Gasteiger partial charge in [0.15, 0.2) is 17.0 Å². The number of nitrogens with zero attached hydrogens (tertiary/aromatic N) is 3. The highest BCUT2D eigenvalue weighted by atomic mass is 19.3. The molecule has 0 bridgehead atoms. The molecular formula is C27H27F2N3O6. The lowest BCUT2D eigenvalue weighted by molar-refractivity contribution is -0.155. The molecule has 2 aliphatic heterocycles. The van der Waals surface area contributed by atoms with Crippen molar-refractivity contribution in [3.05, 3.63) is 47.5 Å². The Labute approximate surface area is 218 Å². The van der Waals surface area contributed by atoms with Crippen LogP contribution in [-0.4, -0.2) is 67.3 Å². The van der Waals surface area contributed by atoms with Crippen LogP contribution >= 0.6 is 0 Å². The van der Waals surface area contributed by atoms with Gasteiger partial charge in [-0.3, -0.25) is 9.59 Å². The van der Waals surface area contributed by atoms with E-state index >= 15 is 0 Å². The molecular weight excluding hydrogens is 500 g/mol. The Kier molecular flexibility index (Phi) is 6.77. The van der Waals surface area contributed by atoms with Gasteiger partial charge in [0.1, 0.15) is 5.75 Å². The van der Waals surface area contributed by atoms with E-state index in [0.29, 0.717) is 35.9 Å². The molecule has 3 aliphatic rings. The molecule has 200 valence electrons. The summed E-state index contributed by atoms with van der Waals surface area (Å²) in [6, 6.07) is 9.30. The van der Waals surface area contributed by atoms with Crippen LogP contribution in [0.4, 0.5) is 14.5 Å². The van der Waals surface area contributed by atoms with Crippen LogP contribution in [0.15, 0.2) is 41.4 Å². The zero-order chi connectivity index (χ0) is 27.0. The highest BCUT2D eigenvalue weighted by molar-refractivity contribution is 6.13. The van der Waals surface area contributed by atoms with Gasteiger partial charge in [-0.1, -0.05) is 0 Å². The van der Waals surface area contributed by atoms with Gasteiger partial charge in [0, 0.05) is 43.5 Å². The number of piperazine rings is 1. The molecule has 2 heterocycles. The van der Waals surface area contributed by atoms with Crippen molar-refractivity contribution in [2.75, 3.05) is 31.1 Å². The summed E-state index contributed by atoms with van der Waals surface area (Å²) in [5, 5.41) is 0. The largest absolute Gasteiger partial charge is 0.489 e. The lowest BCUT2D eigenvalue weighted by Gasteiger charge is -2.47. The molecule has 2 fully saturated rings. The number of ether oxygens (including phenoxy) is 3. The molecule has 1 saturated carbocycles. The maximum absolute atomic E-state index is 13.5. The van der Waals surface area contributed by atoms with Gasteiger partial charge in [-0.05, 0) is 56.0 Å². The van der Waals surface area contributed by atoms with Gasteiger partial charge in [0.2, 0.25) is 5.91 Å². The maximum Gasteiger partial charge on any atom is 0.387 e. The summed E-state index contributed by atoms with van der Waals surface area (Å²) in [7, 11) is 0. The van der Waals surface area contributed by atoms with Crippen LogP contribution in [-0.2, 0) is 9.59 Å². The third-order valence-corrected chi connectivity index (χ3v) is 6.97. The first kappa shape index (κ1) is 25.6. The number of aliphatic imine (C=N–C) groups is 1. The quantitative estimate of drug-likeness (QED) is 0.382. The van der Waals surface area contributed by atoms with Crippen LogP contribution in [0.1, 0.15) is 42.6 Å². The van der Waals surface area contributed by atoms with Crippen molar-refractivity contribution in [1.82, 2.24) is 4.90 Å². The molecule has 1 unspecified atom stereocenters. The number of carbonyl (C=O) groups is 3. The standard InChI is InChI=1S/C27H27F2N3O6/c1-16(33)32-10-9-31(19-6-8-22(38-26(28)29)23(11-19)36-14-17-3-4-17)15-27(32,2)25(35)37-20-7-5-18-13-30-24(34)21(18)12-20/h5-8,11-13,17,26H,3-4,9-10,14-15H2,1-2H3. The minimum absolute atomic E-state index is 0.0657. The summed E-state index contributed by atoms with van der Waals surface area (Å²) in [5.41, 5.74) is 0.213. The molecule has 1 atom stereocenters. The van der Waals surface area contributed by atoms with Crippen molar-refractivity contribution in [3.63, 3.8) is 0 Å². The number of anilines is 1. The van der Waals surface area contributed by atoms with Crippen molar-refractivity contribution in [2.45, 2.75) is 38.8 Å². The molecule has 9 nitrogen and oxygen atoms in total. The Morgan fingerprint density at radius 3 is 2.63 bits per heavy atom. The molecule has 1 saturated heterocycles. The fraction of sp³-hybridized carbons (Fsp3) is 0.407. The molecule has 11 heteroatoms. The molecule has 0 N–H and O–H groups in total. The van der Waals surface area contributed by atoms with Crippen molar-refractivity contribution in [2.24, 2.45) is 10.9 Å². The molecule has 5 rings (SSSR count). The van der Waals surface area contributed by atoms with Gasteiger partial charge < -0.3 is 24.0 Å². The first-order chi connectivity index (χ1) is 18.1. The zero-order valence-electron chi connectivity index (χ0n) is 21.0. The van der Waals surface area contributed by atoms with Crippen molar-refractivity contribution in [3.8, 4) is 17.2 Å². The second-order valence-electron chi connectivity index (χ2n) is 9.83. The van der Waals surface area contributed by atoms with Gasteiger partial charge in [-0.25, -0.2) is 9.79 Å². The van der Waals surface area contributed by atoms with Gasteiger partial charge in [0.25, 0.3) is 5.91 Å². The van der Waals surface area contributed by atoms with Crippen LogP contribution in [0, 0.1) is 5.92 Å². The summed E-state index contributed by atoms with van der Waals surface area (Å²) in [5.74, 6) is -0.697. The van der Waals surface area contributed by atoms with E-state index in [0.717, 1.165) is 12.8 Å². The Balaban J connectivity index is 1.39. The molecule has 0 aromatic heterocycles. The average molecular weight is 528 g/mol. The molecule has 2 aromatic carbocycles. The van der Waals surface area contributed by atoms with E-state index in [2.05, 4.69) is 9.73 Å². The van der Waals surface area contributed by atoms with Crippen LogP contribution in [0.5, 0.6) is 17.2 Å². The highest BCUT2D eigenvalue weighted by Crippen LogP contribution is 2.37. The highest BCUT2D eigenvalue weighted by Gasteiger charge is 2.47. The van der Waals surface area contributed by atoms with E-state index in [9.17, 15) is 23.2 Å². The first-order valence-corrected chi connectivity index (χ1v) is 12.3. The summed E-state index contributed by atoms with van der Waals surface area (Å²) < 4.78 is 42.0. The van der Waals surface area contributed by atoms with E-state index in [4.69, 9.17) is 9.47 Å². The van der Waals surface area contributed by atoms with Gasteiger partial charge in [0.05, 0.1) is 18.7 Å². The van der Waals surface area contributed by atoms with Crippen molar-refractivity contribution in [1.29, 1.82) is 0 Å². The summed E-state index contributed by atoms with van der Waals surface area (Å²) >= 11 is 0. The number of halogens is 2. The zero-order valence-corrected chi connectivity index (χ0v) is 21.0. The Bertz CT molecular complexity index is 1310. The molecule has 2 aromatic rings. The van der Waals surface area contributed by atoms with Crippen molar-refractivity contribution < 1.29 is 37.4 Å². The van der Waals surface area contributed by atoms with E-state index < -0.39 is 24.0 Å². The molecule has 38 heavy (non-hydrogen) atoms. The first-order valence-electron chi connectivity index (χ1n) is 12.3. The van der Waals surface area contributed by atoms with E-state index in [1.165, 1.54) is 30.2 Å². The maximum atomic E-state index is 13.5. The topological polar surface area (TPSA) is 97.7 Å². The normalized spacial score (nSPS) is 20.5. The number of fused-ring (bicyclic) bond motifs is 1. The molecule has 2 amide bonds. The third kappa shape index (κ3) is 5.18. The van der Waals surface area contributed by atoms with Crippen molar-refractivity contribution >= 4 is 29.7 Å². The number of alkyl halides is 2. The van der Waals surface area contributed by atoms with E-state index in [1.807, 2.05) is 4.90 Å². The number of rotatable bonds is 8. The van der Waals surface area contributed by atoms with Gasteiger partial charge in [-0.15, -0.1) is 0 Å². The number of benzene rings is 2. The Morgan fingerprint density at radius 2 is 1.92 bits per heavy atom. The summed E-state index contributed by atoms with van der Waals surface area (Å²) in [4.78, 5) is 45.0. The van der Waals surface area contributed by atoms with Crippen LogP contribution < -0.4 is 19.1 Å². The Hall–Kier alpha value is -4.02. The molecule has 0 spiro atoms. The predicted octanol–water partition coefficient (Wildman–Crippen LogP) is 3.68. The number of amides is 2. The average Bonchev–Trinajstić information content (AvgIpc) is 3.64. The smallest absolute Gasteiger partial charge is 0.387 e. The molecule has 1 aliphatic carbocycles. The fourth-order valence-corrected chi connectivity index (χ4v) is 4.71. The number of hydrogen-bond acceptors (Lipinski definition) is 7. The number of esters is 1. The van der Waals surface area contributed by atoms with Crippen LogP contribution in [0.3, 0.4) is 0 Å². The lowest BCUT2D eigenvalue weighted by atomic mass is 9.95. The molecule has 0 radical (unpaired) electrons. The Morgan fingerprint density at radius 1 is 1.13 bits per heavy atom. The monoisotopic (exact) mass is 527 g/mol. The number of hydrogen-bond donors (Lipinski definition) is 0. The predicted molar refractivity (Wildman–Crippen MR) is 133 cm³/mol. The lowest BCUT2D eigenvalue weighted by Crippen LogP contribution is -2.67. The summed E-state index contributed by atoms with van der Waals surface area (Å²) in [6.07, 6.45) is 3.51.